The van der Waals surface area contributed by atoms with E-state index in [9.17, 15) is 23.1 Å². The van der Waals surface area contributed by atoms with Crippen molar-refractivity contribution < 1.29 is 23.1 Å². The number of carbonyl (C=O) groups is 2. The van der Waals surface area contributed by atoms with Gasteiger partial charge in [0.25, 0.3) is 0 Å². The predicted octanol–water partition coefficient (Wildman–Crippen LogP) is -0.123. The van der Waals surface area contributed by atoms with Crippen LogP contribution in [0.5, 0.6) is 0 Å². The van der Waals surface area contributed by atoms with Gasteiger partial charge in [-0.15, -0.1) is 0 Å². The van der Waals surface area contributed by atoms with Crippen molar-refractivity contribution in [3.8, 4) is 0 Å². The van der Waals surface area contributed by atoms with Gasteiger partial charge in [-0.3, -0.25) is 4.79 Å². The quantitative estimate of drug-likeness (QED) is 0.742. The number of amides is 1. The number of carboxylic acid groups (broad SMARTS) is 1. The van der Waals surface area contributed by atoms with Crippen LogP contribution >= 0.6 is 11.8 Å². The number of nitrogens with zero attached hydrogens (tertiary/aromatic N) is 1. The van der Waals surface area contributed by atoms with Crippen LogP contribution in [0.25, 0.3) is 0 Å². The molecule has 1 amide bonds. The molecule has 2 rings (SSSR count). The van der Waals surface area contributed by atoms with Gasteiger partial charge in [0, 0.05) is 12.3 Å². The third kappa shape index (κ3) is 3.51. The van der Waals surface area contributed by atoms with Crippen LogP contribution in [-0.2, 0) is 19.6 Å². The minimum Gasteiger partial charge on any atom is -0.479 e. The molecule has 21 heavy (non-hydrogen) atoms. The first-order valence-corrected chi connectivity index (χ1v) is 9.86. The molecule has 2 N–H and O–H groups in total. The lowest BCUT2D eigenvalue weighted by Gasteiger charge is -2.35. The molecule has 0 aromatic heterocycles. The van der Waals surface area contributed by atoms with Crippen molar-refractivity contribution in [1.29, 1.82) is 0 Å². The zero-order valence-electron chi connectivity index (χ0n) is 11.9. The first-order valence-electron chi connectivity index (χ1n) is 6.86. The molecule has 2 aliphatic heterocycles. The summed E-state index contributed by atoms with van der Waals surface area (Å²) in [6, 6.07) is -0.796. The Morgan fingerprint density at radius 1 is 1.38 bits per heavy atom. The predicted molar refractivity (Wildman–Crippen MR) is 79.6 cm³/mol. The number of hydrogen-bond acceptors (Lipinski definition) is 5. The molecule has 0 aromatic carbocycles. The maximum Gasteiger partial charge on any atom is 0.330 e. The van der Waals surface area contributed by atoms with Gasteiger partial charge in [-0.2, -0.15) is 16.1 Å². The Labute approximate surface area is 128 Å². The van der Waals surface area contributed by atoms with Gasteiger partial charge in [0.2, 0.25) is 15.9 Å². The van der Waals surface area contributed by atoms with E-state index in [1.807, 2.05) is 0 Å². The molecular weight excluding hydrogens is 316 g/mol. The second-order valence-corrected chi connectivity index (χ2v) is 8.60. The summed E-state index contributed by atoms with van der Waals surface area (Å²) in [5.41, 5.74) is -1.26. The first kappa shape index (κ1) is 16.6. The highest BCUT2D eigenvalue weighted by atomic mass is 32.2. The van der Waals surface area contributed by atoms with Crippen LogP contribution in [0.1, 0.15) is 25.7 Å². The highest BCUT2D eigenvalue weighted by Gasteiger charge is 2.45. The molecule has 0 aliphatic carbocycles. The summed E-state index contributed by atoms with van der Waals surface area (Å²) in [7, 11) is -3.47. The summed E-state index contributed by atoms with van der Waals surface area (Å²) in [6.45, 7) is 0.311. The molecule has 9 heteroatoms. The monoisotopic (exact) mass is 336 g/mol. The smallest absolute Gasteiger partial charge is 0.330 e. The van der Waals surface area contributed by atoms with Gasteiger partial charge >= 0.3 is 5.97 Å². The number of aliphatic carboxylic acids is 1. The first-order chi connectivity index (χ1) is 9.76. The summed E-state index contributed by atoms with van der Waals surface area (Å²) in [5.74, 6) is -0.556. The van der Waals surface area contributed by atoms with E-state index < -0.39 is 33.5 Å². The van der Waals surface area contributed by atoms with E-state index in [0.717, 1.165) is 19.1 Å². The van der Waals surface area contributed by atoms with Gasteiger partial charge in [0.05, 0.1) is 6.26 Å². The van der Waals surface area contributed by atoms with Crippen LogP contribution in [0.2, 0.25) is 0 Å². The van der Waals surface area contributed by atoms with E-state index in [1.165, 1.54) is 16.1 Å². The Hall–Kier alpha value is -0.800. The molecule has 2 fully saturated rings. The number of nitrogens with one attached hydrogen (secondary N) is 1. The molecule has 2 unspecified atom stereocenters. The fourth-order valence-corrected chi connectivity index (χ4v) is 5.22. The van der Waals surface area contributed by atoms with Crippen LogP contribution in [0.4, 0.5) is 0 Å². The van der Waals surface area contributed by atoms with Crippen LogP contribution in [0.15, 0.2) is 0 Å². The molecule has 2 heterocycles. The molecule has 0 bridgehead atoms. The fraction of sp³-hybridized carbons (Fsp3) is 0.833. The van der Waals surface area contributed by atoms with Crippen molar-refractivity contribution in [3.05, 3.63) is 0 Å². The maximum atomic E-state index is 12.4. The molecule has 0 spiro atoms. The van der Waals surface area contributed by atoms with Gasteiger partial charge in [-0.25, -0.2) is 13.2 Å². The van der Waals surface area contributed by atoms with Crippen molar-refractivity contribution in [2.45, 2.75) is 37.3 Å². The minimum atomic E-state index is -3.47. The Bertz CT molecular complexity index is 528. The number of sulfonamides is 1. The molecule has 120 valence electrons. The lowest BCUT2D eigenvalue weighted by Crippen LogP contribution is -2.60. The number of piperidine rings is 1. The highest BCUT2D eigenvalue weighted by molar-refractivity contribution is 7.99. The summed E-state index contributed by atoms with van der Waals surface area (Å²) in [6.07, 6.45) is 3.36. The average Bonchev–Trinajstić information content (AvgIpc) is 2.87. The Kier molecular flexibility index (Phi) is 4.84. The van der Waals surface area contributed by atoms with Gasteiger partial charge < -0.3 is 10.4 Å². The maximum absolute atomic E-state index is 12.4. The fourth-order valence-electron chi connectivity index (χ4n) is 2.77. The molecule has 2 atom stereocenters. The number of hydrogen-bond donors (Lipinski definition) is 2. The molecule has 0 aromatic rings. The summed E-state index contributed by atoms with van der Waals surface area (Å²) >= 11 is 1.48. The summed E-state index contributed by atoms with van der Waals surface area (Å²) < 4.78 is 24.7. The van der Waals surface area contributed by atoms with Crippen molar-refractivity contribution >= 4 is 33.7 Å². The van der Waals surface area contributed by atoms with Crippen molar-refractivity contribution in [3.63, 3.8) is 0 Å². The number of carboxylic acids is 1. The van der Waals surface area contributed by atoms with Crippen molar-refractivity contribution in [2.24, 2.45) is 0 Å². The molecule has 2 aliphatic rings. The van der Waals surface area contributed by atoms with E-state index in [0.29, 0.717) is 30.9 Å². The minimum absolute atomic E-state index is 0.311. The van der Waals surface area contributed by atoms with Crippen molar-refractivity contribution in [1.82, 2.24) is 9.62 Å². The Morgan fingerprint density at radius 2 is 2.10 bits per heavy atom. The highest BCUT2D eigenvalue weighted by Crippen LogP contribution is 2.29. The van der Waals surface area contributed by atoms with Gasteiger partial charge in [-0.1, -0.05) is 6.42 Å². The van der Waals surface area contributed by atoms with Crippen LogP contribution in [0, 0.1) is 0 Å². The third-order valence-corrected chi connectivity index (χ3v) is 6.45. The number of rotatable bonds is 4. The average molecular weight is 336 g/mol. The van der Waals surface area contributed by atoms with E-state index >= 15 is 0 Å². The van der Waals surface area contributed by atoms with Crippen molar-refractivity contribution in [2.75, 3.05) is 24.3 Å². The van der Waals surface area contributed by atoms with Gasteiger partial charge in [0.15, 0.2) is 0 Å². The van der Waals surface area contributed by atoms with Crippen LogP contribution < -0.4 is 5.32 Å². The second-order valence-electron chi connectivity index (χ2n) is 5.56. The molecule has 7 nitrogen and oxygen atoms in total. The summed E-state index contributed by atoms with van der Waals surface area (Å²) in [4.78, 5) is 23.9. The molecule has 0 saturated carbocycles. The standard InChI is InChI=1S/C12H20N2O5S2/c1-21(18,19)14-6-3-2-4-9(14)10(15)13-12(11(16)17)5-7-20-8-12/h9H,2-8H2,1H3,(H,13,15)(H,16,17). The largest absolute Gasteiger partial charge is 0.479 e. The SMILES string of the molecule is CS(=O)(=O)N1CCCCC1C(=O)NC1(C(=O)O)CCSC1. The lowest BCUT2D eigenvalue weighted by molar-refractivity contribution is -0.147. The second kappa shape index (κ2) is 6.13. The number of thioether (sulfide) groups is 1. The molecule has 0 radical (unpaired) electrons. The topological polar surface area (TPSA) is 104 Å². The van der Waals surface area contributed by atoms with E-state index in [-0.39, 0.29) is 0 Å². The van der Waals surface area contributed by atoms with Gasteiger partial charge in [0.1, 0.15) is 11.6 Å². The zero-order valence-corrected chi connectivity index (χ0v) is 13.5. The normalized spacial score (nSPS) is 31.0. The third-order valence-electron chi connectivity index (χ3n) is 3.98. The Balaban J connectivity index is 2.16. The lowest BCUT2D eigenvalue weighted by atomic mass is 9.97. The van der Waals surface area contributed by atoms with E-state index in [2.05, 4.69) is 5.32 Å². The molecule has 2 saturated heterocycles. The van der Waals surface area contributed by atoms with Gasteiger partial charge in [-0.05, 0) is 25.0 Å². The van der Waals surface area contributed by atoms with Crippen LogP contribution in [-0.4, -0.2) is 65.6 Å². The van der Waals surface area contributed by atoms with Crippen LogP contribution in [0.3, 0.4) is 0 Å². The zero-order chi connectivity index (χ0) is 15.7. The summed E-state index contributed by atoms with van der Waals surface area (Å²) in [5, 5.41) is 12.0. The Morgan fingerprint density at radius 3 is 2.62 bits per heavy atom. The van der Waals surface area contributed by atoms with E-state index in [4.69, 9.17) is 0 Å². The number of carbonyl (C=O) groups excluding carboxylic acids is 1. The molecular formula is C12H20N2O5S2. The van der Waals surface area contributed by atoms with E-state index in [1.54, 1.807) is 0 Å².